The monoisotopic (exact) mass is 413 g/mol. The van der Waals surface area contributed by atoms with Crippen molar-refractivity contribution in [3.63, 3.8) is 0 Å². The van der Waals surface area contributed by atoms with Crippen LogP contribution in [0.2, 0.25) is 0 Å². The van der Waals surface area contributed by atoms with E-state index in [0.717, 1.165) is 0 Å². The Labute approximate surface area is 168 Å². The highest BCUT2D eigenvalue weighted by atomic mass is 19.4. The molecule has 2 N–H and O–H groups in total. The molecular formula is C21H14F3N3O3. The number of rotatable bonds is 4. The molecule has 0 fully saturated rings. The maximum atomic E-state index is 12.4. The van der Waals surface area contributed by atoms with Crippen molar-refractivity contribution in [2.45, 2.75) is 6.36 Å². The van der Waals surface area contributed by atoms with E-state index in [2.05, 4.69) is 14.8 Å². The van der Waals surface area contributed by atoms with Gasteiger partial charge in [-0.1, -0.05) is 6.07 Å². The highest BCUT2D eigenvalue weighted by molar-refractivity contribution is 5.71. The smallest absolute Gasteiger partial charge is 0.504 e. The summed E-state index contributed by atoms with van der Waals surface area (Å²) in [6.45, 7) is 0. The molecule has 0 aliphatic carbocycles. The molecule has 6 nitrogen and oxygen atoms in total. The second-order valence-corrected chi connectivity index (χ2v) is 6.29. The molecular weight excluding hydrogens is 399 g/mol. The molecule has 4 rings (SSSR count). The topological polar surface area (TPSA) is 80.4 Å². The van der Waals surface area contributed by atoms with Crippen LogP contribution >= 0.6 is 0 Å². The number of halogens is 3. The maximum absolute atomic E-state index is 12.4. The lowest BCUT2D eigenvalue weighted by molar-refractivity contribution is -0.274. The fourth-order valence-corrected chi connectivity index (χ4v) is 2.89. The number of hydrogen-bond donors (Lipinski definition) is 2. The van der Waals surface area contributed by atoms with Gasteiger partial charge in [0.25, 0.3) is 0 Å². The first kappa shape index (κ1) is 19.3. The van der Waals surface area contributed by atoms with Crippen LogP contribution in [0.5, 0.6) is 17.2 Å². The summed E-state index contributed by atoms with van der Waals surface area (Å²) in [6, 6.07) is 16.6. The Bertz CT molecular complexity index is 1170. The highest BCUT2D eigenvalue weighted by Gasteiger charge is 2.31. The Balaban J connectivity index is 1.81. The number of nitrogens with zero attached hydrogens (tertiary/aromatic N) is 3. The molecule has 4 aromatic rings. The Hall–Kier alpha value is -4.01. The van der Waals surface area contributed by atoms with Crippen molar-refractivity contribution < 1.29 is 28.1 Å². The molecule has 30 heavy (non-hydrogen) atoms. The molecule has 2 aromatic carbocycles. The van der Waals surface area contributed by atoms with E-state index in [1.807, 2.05) is 0 Å². The zero-order valence-electron chi connectivity index (χ0n) is 15.2. The minimum atomic E-state index is -4.78. The van der Waals surface area contributed by atoms with Gasteiger partial charge in [0, 0.05) is 11.8 Å². The van der Waals surface area contributed by atoms with E-state index >= 15 is 0 Å². The summed E-state index contributed by atoms with van der Waals surface area (Å²) in [5, 5.41) is 24.0. The summed E-state index contributed by atoms with van der Waals surface area (Å²) in [7, 11) is 0. The van der Waals surface area contributed by atoms with Crippen LogP contribution < -0.4 is 4.74 Å². The molecule has 0 spiro atoms. The Morgan fingerprint density at radius 3 is 2.23 bits per heavy atom. The zero-order valence-corrected chi connectivity index (χ0v) is 15.2. The molecule has 9 heteroatoms. The first-order valence-electron chi connectivity index (χ1n) is 8.70. The minimum Gasteiger partial charge on any atom is -0.504 e. The van der Waals surface area contributed by atoms with Crippen LogP contribution in [-0.2, 0) is 0 Å². The third-order valence-corrected chi connectivity index (χ3v) is 4.22. The minimum absolute atomic E-state index is 0.275. The zero-order chi connectivity index (χ0) is 21.3. The second kappa shape index (κ2) is 7.43. The summed E-state index contributed by atoms with van der Waals surface area (Å²) in [5.41, 5.74) is 2.66. The van der Waals surface area contributed by atoms with Gasteiger partial charge in [-0.3, -0.25) is 4.98 Å². The Morgan fingerprint density at radius 2 is 1.60 bits per heavy atom. The number of pyridine rings is 1. The average Bonchev–Trinajstić information content (AvgIpc) is 3.15. The predicted octanol–water partition coefficient (Wildman–Crippen LogP) is 4.91. The van der Waals surface area contributed by atoms with Crippen LogP contribution in [-0.4, -0.2) is 31.3 Å². The van der Waals surface area contributed by atoms with Crippen molar-refractivity contribution in [3.05, 3.63) is 72.9 Å². The van der Waals surface area contributed by atoms with Gasteiger partial charge in [0.2, 0.25) is 0 Å². The van der Waals surface area contributed by atoms with E-state index in [1.54, 1.807) is 36.5 Å². The summed E-state index contributed by atoms with van der Waals surface area (Å²) in [4.78, 5) is 4.27. The molecule has 0 amide bonds. The number of benzene rings is 2. The standard InChI is InChI=1S/C21H14F3N3O3/c22-21(23,24)30-15-7-5-14(6-8-15)27-18(13-4-9-19(28)20(29)11-13)12-17(26-27)16-3-1-2-10-25-16/h1-12,28-29H. The predicted molar refractivity (Wildman–Crippen MR) is 102 cm³/mol. The Kier molecular flexibility index (Phi) is 4.78. The van der Waals surface area contributed by atoms with Gasteiger partial charge in [-0.2, -0.15) is 5.10 Å². The van der Waals surface area contributed by atoms with Gasteiger partial charge in [-0.15, -0.1) is 13.2 Å². The molecule has 0 radical (unpaired) electrons. The van der Waals surface area contributed by atoms with Crippen molar-refractivity contribution in [1.29, 1.82) is 0 Å². The van der Waals surface area contributed by atoms with Crippen molar-refractivity contribution in [3.8, 4) is 45.6 Å². The SMILES string of the molecule is Oc1ccc(-c2cc(-c3ccccn3)nn2-c2ccc(OC(F)(F)F)cc2)cc1O. The third-order valence-electron chi connectivity index (χ3n) is 4.22. The molecule has 0 saturated heterocycles. The number of phenols is 2. The highest BCUT2D eigenvalue weighted by Crippen LogP contribution is 2.34. The number of ether oxygens (including phenoxy) is 1. The Morgan fingerprint density at radius 1 is 0.833 bits per heavy atom. The third kappa shape index (κ3) is 4.04. The van der Waals surface area contributed by atoms with E-state index in [-0.39, 0.29) is 17.2 Å². The van der Waals surface area contributed by atoms with Gasteiger partial charge in [0.1, 0.15) is 11.4 Å². The largest absolute Gasteiger partial charge is 0.573 e. The first-order chi connectivity index (χ1) is 14.3. The lowest BCUT2D eigenvalue weighted by Crippen LogP contribution is -2.17. The number of hydrogen-bond acceptors (Lipinski definition) is 5. The lowest BCUT2D eigenvalue weighted by atomic mass is 10.1. The van der Waals surface area contributed by atoms with Gasteiger partial charge >= 0.3 is 6.36 Å². The molecule has 2 heterocycles. The van der Waals surface area contributed by atoms with Gasteiger partial charge in [0.05, 0.1) is 17.1 Å². The summed E-state index contributed by atoms with van der Waals surface area (Å²) in [6.07, 6.45) is -3.17. The van der Waals surface area contributed by atoms with E-state index in [9.17, 15) is 23.4 Å². The van der Waals surface area contributed by atoms with Gasteiger partial charge in [-0.25, -0.2) is 4.68 Å². The number of alkyl halides is 3. The average molecular weight is 413 g/mol. The number of aromatic nitrogens is 3. The summed E-state index contributed by atoms with van der Waals surface area (Å²) in [5.74, 6) is -0.941. The second-order valence-electron chi connectivity index (χ2n) is 6.29. The van der Waals surface area contributed by atoms with Crippen molar-refractivity contribution in [2.75, 3.05) is 0 Å². The van der Waals surface area contributed by atoms with Crippen LogP contribution in [0.25, 0.3) is 28.3 Å². The first-order valence-corrected chi connectivity index (χ1v) is 8.70. The molecule has 0 atom stereocenters. The van der Waals surface area contributed by atoms with Crippen LogP contribution in [0.1, 0.15) is 0 Å². The fourth-order valence-electron chi connectivity index (χ4n) is 2.89. The van der Waals surface area contributed by atoms with E-state index in [0.29, 0.717) is 28.3 Å². The maximum Gasteiger partial charge on any atom is 0.573 e. The molecule has 0 aliphatic heterocycles. The van der Waals surface area contributed by atoms with E-state index in [1.165, 1.54) is 41.1 Å². The van der Waals surface area contributed by atoms with Crippen LogP contribution in [0.3, 0.4) is 0 Å². The molecule has 0 saturated carbocycles. The van der Waals surface area contributed by atoms with E-state index < -0.39 is 6.36 Å². The molecule has 0 unspecified atom stereocenters. The van der Waals surface area contributed by atoms with E-state index in [4.69, 9.17) is 0 Å². The molecule has 0 bridgehead atoms. The van der Waals surface area contributed by atoms with Crippen LogP contribution in [0.15, 0.2) is 72.9 Å². The van der Waals surface area contributed by atoms with Gasteiger partial charge < -0.3 is 14.9 Å². The normalized spacial score (nSPS) is 11.4. The number of phenolic OH excluding ortho intramolecular Hbond substituents is 2. The van der Waals surface area contributed by atoms with Crippen LogP contribution in [0, 0.1) is 0 Å². The quantitative estimate of drug-likeness (QED) is 0.465. The molecule has 2 aromatic heterocycles. The fraction of sp³-hybridized carbons (Fsp3) is 0.0476. The van der Waals surface area contributed by atoms with Gasteiger partial charge in [-0.05, 0) is 60.7 Å². The molecule has 0 aliphatic rings. The summed E-state index contributed by atoms with van der Waals surface area (Å²) < 4.78 is 42.7. The van der Waals surface area contributed by atoms with Gasteiger partial charge in [0.15, 0.2) is 11.5 Å². The summed E-state index contributed by atoms with van der Waals surface area (Å²) >= 11 is 0. The van der Waals surface area contributed by atoms with Crippen LogP contribution in [0.4, 0.5) is 13.2 Å². The van der Waals surface area contributed by atoms with Crippen molar-refractivity contribution in [1.82, 2.24) is 14.8 Å². The lowest BCUT2D eigenvalue weighted by Gasteiger charge is -2.11. The van der Waals surface area contributed by atoms with Crippen molar-refractivity contribution >= 4 is 0 Å². The molecule has 152 valence electrons. The number of aromatic hydroxyl groups is 2. The van der Waals surface area contributed by atoms with Crippen molar-refractivity contribution in [2.24, 2.45) is 0 Å².